The minimum atomic E-state index is -1.77. The minimum absolute atomic E-state index is 0. The fourth-order valence-corrected chi connectivity index (χ4v) is 0.174. The van der Waals surface area contributed by atoms with E-state index in [0.29, 0.717) is 0 Å². The minimum Gasteiger partial charge on any atom is -0.473 e. The molecule has 0 amide bonds. The van der Waals surface area contributed by atoms with Crippen molar-refractivity contribution >= 4 is 17.9 Å². The largest absolute Gasteiger partial charge is 0.473 e. The third-order valence-corrected chi connectivity index (χ3v) is 0.411. The van der Waals surface area contributed by atoms with Gasteiger partial charge < -0.3 is 20.8 Å². The molecule has 0 aliphatic carbocycles. The van der Waals surface area contributed by atoms with Crippen LogP contribution in [0.1, 0.15) is 6.92 Å². The summed E-state index contributed by atoms with van der Waals surface area (Å²) in [5.74, 6) is -4.25. The molecule has 7 heteroatoms. The van der Waals surface area contributed by atoms with Crippen molar-refractivity contribution in [2.75, 3.05) is 0 Å². The van der Waals surface area contributed by atoms with E-state index in [1.165, 1.54) is 0 Å². The molecule has 0 aliphatic rings. The molecule has 0 aromatic heterocycles. The zero-order chi connectivity index (χ0) is 7.44. The van der Waals surface area contributed by atoms with Gasteiger partial charge >= 0.3 is 17.9 Å². The van der Waals surface area contributed by atoms with Crippen LogP contribution in [0.15, 0.2) is 0 Å². The lowest BCUT2D eigenvalue weighted by Crippen LogP contribution is -2.18. The first-order valence-corrected chi connectivity index (χ1v) is 1.99. The van der Waals surface area contributed by atoms with Crippen molar-refractivity contribution in [2.45, 2.75) is 6.92 Å². The molecule has 0 atom stereocenters. The normalized spacial score (nSPS) is 6.64. The molecule has 0 unspecified atom stereocenters. The fraction of sp³-hybridized carbons (Fsp3) is 0.250. The molecule has 0 bridgehead atoms. The van der Waals surface area contributed by atoms with Crippen molar-refractivity contribution in [3.8, 4) is 0 Å². The van der Waals surface area contributed by atoms with E-state index in [1.807, 2.05) is 0 Å². The number of hydrogen-bond donors (Lipinski definition) is 1. The van der Waals surface area contributed by atoms with E-state index in [1.54, 1.807) is 0 Å². The van der Waals surface area contributed by atoms with Gasteiger partial charge in [0.1, 0.15) is 0 Å². The number of ether oxygens (including phenoxy) is 1. The van der Waals surface area contributed by atoms with Crippen LogP contribution in [0.5, 0.6) is 0 Å². The van der Waals surface area contributed by atoms with Crippen molar-refractivity contribution in [1.82, 2.24) is 0 Å². The predicted octanol–water partition coefficient (Wildman–Crippen LogP) is -2.49. The van der Waals surface area contributed by atoms with Gasteiger partial charge in [0.25, 0.3) is 0 Å². The molecule has 0 rings (SSSR count). The average Bonchev–Trinajstić information content (AvgIpc) is 1.63. The second-order valence-corrected chi connectivity index (χ2v) is 1.19. The Bertz CT molecular complexity index is 160. The topological polar surface area (TPSA) is 144 Å². The Labute approximate surface area is 61.2 Å². The third-order valence-electron chi connectivity index (χ3n) is 0.411. The maximum absolute atomic E-state index is 9.91. The Morgan fingerprint density at radius 2 is 1.55 bits per heavy atom. The van der Waals surface area contributed by atoms with Crippen molar-refractivity contribution in [1.29, 1.82) is 0 Å². The molecule has 0 radical (unpaired) electrons. The van der Waals surface area contributed by atoms with Crippen LogP contribution in [0, 0.1) is 0 Å². The second-order valence-electron chi connectivity index (χ2n) is 1.19. The highest BCUT2D eigenvalue weighted by Crippen LogP contribution is 1.77. The Kier molecular flexibility index (Phi) is 9.83. The fourth-order valence-electron chi connectivity index (χ4n) is 0.174. The van der Waals surface area contributed by atoms with E-state index in [0.717, 1.165) is 6.92 Å². The van der Waals surface area contributed by atoms with Gasteiger partial charge in [0.05, 0.1) is 0 Å². The SMILES string of the molecule is CC(=O)OC(=O)C(=O)O.O.O. The number of carbonyl (C=O) groups excluding carboxylic acids is 2. The molecular weight excluding hydrogens is 160 g/mol. The highest BCUT2D eigenvalue weighted by molar-refractivity contribution is 6.30. The molecule has 0 saturated carbocycles. The van der Waals surface area contributed by atoms with Gasteiger partial charge in [-0.1, -0.05) is 0 Å². The van der Waals surface area contributed by atoms with Crippen LogP contribution in [0.3, 0.4) is 0 Å². The smallest absolute Gasteiger partial charge is 0.424 e. The van der Waals surface area contributed by atoms with E-state index >= 15 is 0 Å². The molecule has 0 saturated heterocycles. The lowest BCUT2D eigenvalue weighted by molar-refractivity contribution is -0.169. The molecule has 0 spiro atoms. The Balaban J connectivity index is -0.000000320. The molecule has 66 valence electrons. The predicted molar refractivity (Wildman–Crippen MR) is 31.6 cm³/mol. The van der Waals surface area contributed by atoms with Crippen LogP contribution >= 0.6 is 0 Å². The van der Waals surface area contributed by atoms with Gasteiger partial charge in [0, 0.05) is 6.92 Å². The molecule has 0 fully saturated rings. The summed E-state index contributed by atoms with van der Waals surface area (Å²) in [6, 6.07) is 0. The van der Waals surface area contributed by atoms with Crippen molar-refractivity contribution in [3.05, 3.63) is 0 Å². The van der Waals surface area contributed by atoms with Crippen LogP contribution in [0.4, 0.5) is 0 Å². The number of rotatable bonds is 0. The van der Waals surface area contributed by atoms with Crippen LogP contribution < -0.4 is 0 Å². The Hall–Kier alpha value is -1.47. The average molecular weight is 168 g/mol. The maximum Gasteiger partial charge on any atom is 0.424 e. The number of esters is 2. The van der Waals surface area contributed by atoms with Gasteiger partial charge in [0.2, 0.25) is 0 Å². The first-order chi connectivity index (χ1) is 4.04. The Morgan fingerprint density at radius 3 is 1.64 bits per heavy atom. The van der Waals surface area contributed by atoms with Gasteiger partial charge in [-0.05, 0) is 0 Å². The van der Waals surface area contributed by atoms with Gasteiger partial charge in [0.15, 0.2) is 0 Å². The van der Waals surface area contributed by atoms with Crippen LogP contribution in [0.2, 0.25) is 0 Å². The first-order valence-electron chi connectivity index (χ1n) is 1.99. The number of carbonyl (C=O) groups is 3. The molecule has 0 aromatic rings. The van der Waals surface area contributed by atoms with Crippen molar-refractivity contribution in [3.63, 3.8) is 0 Å². The summed E-state index contributed by atoms with van der Waals surface area (Å²) >= 11 is 0. The summed E-state index contributed by atoms with van der Waals surface area (Å²) in [4.78, 5) is 29.4. The monoisotopic (exact) mass is 168 g/mol. The van der Waals surface area contributed by atoms with E-state index in [9.17, 15) is 14.4 Å². The number of aliphatic carboxylic acids is 1. The van der Waals surface area contributed by atoms with Gasteiger partial charge in [-0.15, -0.1) is 0 Å². The van der Waals surface area contributed by atoms with Gasteiger partial charge in [-0.2, -0.15) is 0 Å². The van der Waals surface area contributed by atoms with Crippen LogP contribution in [-0.4, -0.2) is 34.0 Å². The lowest BCUT2D eigenvalue weighted by Gasteiger charge is -1.90. The first kappa shape index (κ1) is 16.3. The molecule has 11 heavy (non-hydrogen) atoms. The van der Waals surface area contributed by atoms with Crippen molar-refractivity contribution in [2.24, 2.45) is 0 Å². The highest BCUT2D eigenvalue weighted by Gasteiger charge is 2.14. The number of carboxylic acid groups (broad SMARTS) is 1. The quantitative estimate of drug-likeness (QED) is 0.241. The maximum atomic E-state index is 9.91. The number of hydrogen-bond acceptors (Lipinski definition) is 4. The second kappa shape index (κ2) is 6.65. The summed E-state index contributed by atoms with van der Waals surface area (Å²) in [7, 11) is 0. The molecule has 0 aromatic carbocycles. The Morgan fingerprint density at radius 1 is 1.18 bits per heavy atom. The van der Waals surface area contributed by atoms with E-state index in [4.69, 9.17) is 5.11 Å². The summed E-state index contributed by atoms with van der Waals surface area (Å²) in [6.45, 7) is 0.945. The van der Waals surface area contributed by atoms with Gasteiger partial charge in [-0.3, -0.25) is 4.79 Å². The van der Waals surface area contributed by atoms with E-state index < -0.39 is 17.9 Å². The molecule has 0 heterocycles. The summed E-state index contributed by atoms with van der Waals surface area (Å²) in [5, 5.41) is 7.80. The molecule has 7 nitrogen and oxygen atoms in total. The van der Waals surface area contributed by atoms with Gasteiger partial charge in [-0.25, -0.2) is 9.59 Å². The standard InChI is InChI=1S/C4H4O5.2H2O/c1-2(5)9-4(8)3(6)7;;/h1H3,(H,6,7);2*1H2. The third kappa shape index (κ3) is 8.53. The van der Waals surface area contributed by atoms with E-state index in [2.05, 4.69) is 4.74 Å². The molecule has 0 aliphatic heterocycles. The zero-order valence-corrected chi connectivity index (χ0v) is 5.58. The number of carboxylic acids is 1. The van der Waals surface area contributed by atoms with Crippen LogP contribution in [-0.2, 0) is 19.1 Å². The summed E-state index contributed by atoms with van der Waals surface area (Å²) in [5.41, 5.74) is 0. The van der Waals surface area contributed by atoms with Crippen LogP contribution in [0.25, 0.3) is 0 Å². The van der Waals surface area contributed by atoms with Crippen molar-refractivity contribution < 1.29 is 35.2 Å². The highest BCUT2D eigenvalue weighted by atomic mass is 16.6. The summed E-state index contributed by atoms with van der Waals surface area (Å²) in [6.07, 6.45) is 0. The molecular formula is C4H8O7. The molecule has 5 N–H and O–H groups in total. The lowest BCUT2D eigenvalue weighted by atomic mass is 10.7. The van der Waals surface area contributed by atoms with E-state index in [-0.39, 0.29) is 11.0 Å². The summed E-state index contributed by atoms with van der Waals surface area (Å²) < 4.78 is 3.63. The zero-order valence-electron chi connectivity index (χ0n) is 5.58.